The van der Waals surface area contributed by atoms with Crippen LogP contribution in [-0.2, 0) is 9.53 Å². The summed E-state index contributed by atoms with van der Waals surface area (Å²) in [4.78, 5) is 13.3. The van der Waals surface area contributed by atoms with Gasteiger partial charge in [-0.3, -0.25) is 4.79 Å². The number of carbonyl (C=O) groups is 1. The van der Waals surface area contributed by atoms with E-state index in [0.29, 0.717) is 6.42 Å². The molecule has 1 aliphatic heterocycles. The topological polar surface area (TPSA) is 87.0 Å². The Labute approximate surface area is 150 Å². The first kappa shape index (κ1) is 19.0. The molecule has 0 aromatic carbocycles. The monoisotopic (exact) mass is 352 g/mol. The first-order valence-electron chi connectivity index (χ1n) is 9.23. The lowest BCUT2D eigenvalue weighted by Crippen LogP contribution is -2.82. The molecule has 1 saturated heterocycles. The molecule has 3 fully saturated rings. The number of aliphatic hydroxyl groups excluding tert-OH is 2. The van der Waals surface area contributed by atoms with Crippen LogP contribution >= 0.6 is 0 Å². The van der Waals surface area contributed by atoms with E-state index in [0.717, 1.165) is 6.42 Å². The number of carbonyl (C=O) groups excluding carboxylic acids is 1. The van der Waals surface area contributed by atoms with Gasteiger partial charge in [-0.15, -0.1) is 6.58 Å². The second-order valence-corrected chi connectivity index (χ2v) is 9.73. The van der Waals surface area contributed by atoms with Gasteiger partial charge in [0.2, 0.25) is 0 Å². The molecule has 25 heavy (non-hydrogen) atoms. The molecule has 5 heteroatoms. The van der Waals surface area contributed by atoms with Gasteiger partial charge in [-0.05, 0) is 32.1 Å². The molecule has 0 aromatic heterocycles. The number of fused-ring (bicyclic) bond motifs is 3. The van der Waals surface area contributed by atoms with E-state index in [2.05, 4.69) is 6.58 Å². The summed E-state index contributed by atoms with van der Waals surface area (Å²) >= 11 is 0. The molecule has 7 atom stereocenters. The van der Waals surface area contributed by atoms with Crippen LogP contribution in [0.1, 0.15) is 60.3 Å². The Bertz CT molecular complexity index is 615. The molecule has 142 valence electrons. The summed E-state index contributed by atoms with van der Waals surface area (Å²) in [6.45, 7) is 13.1. The van der Waals surface area contributed by atoms with E-state index in [1.54, 1.807) is 26.8 Å². The standard InChI is InChI=1S/C20H32O5/c1-7-17(4)11-14(23)20(24)18(5,25-17)10-12(21)15-16(2,3)9-8-13(22)19(15,20)6/h7,12-13,15,21-22,24H,1,8-11H2,2-6H3/t12-,13-,15-,17-,18+,19-,20+/m0/s1. The van der Waals surface area contributed by atoms with Crippen LogP contribution < -0.4 is 0 Å². The van der Waals surface area contributed by atoms with Crippen molar-refractivity contribution in [1.82, 2.24) is 0 Å². The Morgan fingerprint density at radius 2 is 1.80 bits per heavy atom. The highest BCUT2D eigenvalue weighted by atomic mass is 16.5. The maximum Gasteiger partial charge on any atom is 0.171 e. The Hall–Kier alpha value is -0.750. The minimum absolute atomic E-state index is 0.00808. The van der Waals surface area contributed by atoms with Gasteiger partial charge in [-0.2, -0.15) is 0 Å². The molecule has 0 radical (unpaired) electrons. The molecule has 3 aliphatic rings. The van der Waals surface area contributed by atoms with Crippen molar-refractivity contribution in [2.24, 2.45) is 16.7 Å². The zero-order chi connectivity index (χ0) is 19.1. The average molecular weight is 352 g/mol. The van der Waals surface area contributed by atoms with Crippen LogP contribution in [0.5, 0.6) is 0 Å². The zero-order valence-corrected chi connectivity index (χ0v) is 16.0. The smallest absolute Gasteiger partial charge is 0.171 e. The Balaban J connectivity index is 2.23. The molecule has 5 nitrogen and oxygen atoms in total. The fourth-order valence-electron chi connectivity index (χ4n) is 6.43. The van der Waals surface area contributed by atoms with Crippen molar-refractivity contribution < 1.29 is 24.9 Å². The van der Waals surface area contributed by atoms with E-state index in [9.17, 15) is 20.1 Å². The third-order valence-corrected chi connectivity index (χ3v) is 7.58. The number of rotatable bonds is 1. The van der Waals surface area contributed by atoms with Gasteiger partial charge in [0.05, 0.1) is 17.8 Å². The summed E-state index contributed by atoms with van der Waals surface area (Å²) in [7, 11) is 0. The van der Waals surface area contributed by atoms with Gasteiger partial charge < -0.3 is 20.1 Å². The van der Waals surface area contributed by atoms with Crippen molar-refractivity contribution in [3.63, 3.8) is 0 Å². The van der Waals surface area contributed by atoms with Crippen molar-refractivity contribution >= 4 is 5.78 Å². The predicted molar refractivity (Wildman–Crippen MR) is 93.9 cm³/mol. The van der Waals surface area contributed by atoms with Crippen molar-refractivity contribution in [3.8, 4) is 0 Å². The summed E-state index contributed by atoms with van der Waals surface area (Å²) in [6, 6.07) is 0. The molecular weight excluding hydrogens is 320 g/mol. The molecular formula is C20H32O5. The van der Waals surface area contributed by atoms with E-state index in [1.807, 2.05) is 13.8 Å². The molecule has 2 aliphatic carbocycles. The van der Waals surface area contributed by atoms with Crippen LogP contribution in [0, 0.1) is 16.7 Å². The Morgan fingerprint density at radius 3 is 2.36 bits per heavy atom. The molecule has 0 amide bonds. The molecule has 2 saturated carbocycles. The molecule has 0 unspecified atom stereocenters. The van der Waals surface area contributed by atoms with Gasteiger partial charge in [0.25, 0.3) is 0 Å². The third kappa shape index (κ3) is 2.13. The minimum Gasteiger partial charge on any atom is -0.393 e. The van der Waals surface area contributed by atoms with Gasteiger partial charge >= 0.3 is 0 Å². The van der Waals surface area contributed by atoms with Crippen molar-refractivity contribution in [2.45, 2.75) is 89.3 Å². The van der Waals surface area contributed by atoms with Crippen LogP contribution in [0.15, 0.2) is 12.7 Å². The van der Waals surface area contributed by atoms with Crippen LogP contribution in [-0.4, -0.2) is 50.1 Å². The van der Waals surface area contributed by atoms with Gasteiger partial charge in [0, 0.05) is 24.2 Å². The molecule has 3 N–H and O–H groups in total. The van der Waals surface area contributed by atoms with Gasteiger partial charge in [0.15, 0.2) is 11.4 Å². The van der Waals surface area contributed by atoms with Gasteiger partial charge in [-0.1, -0.05) is 26.8 Å². The first-order valence-corrected chi connectivity index (χ1v) is 9.23. The highest BCUT2D eigenvalue weighted by Crippen LogP contribution is 2.66. The first-order chi connectivity index (χ1) is 11.3. The van der Waals surface area contributed by atoms with Gasteiger partial charge in [0.1, 0.15) is 5.60 Å². The Morgan fingerprint density at radius 1 is 1.20 bits per heavy atom. The molecule has 0 aromatic rings. The number of Topliss-reactive ketones (excluding diaryl/α,β-unsaturated/α-hetero) is 1. The quantitative estimate of drug-likeness (QED) is 0.628. The second-order valence-electron chi connectivity index (χ2n) is 9.73. The lowest BCUT2D eigenvalue weighted by molar-refractivity contribution is -0.341. The number of ether oxygens (including phenoxy) is 1. The van der Waals surface area contributed by atoms with E-state index in [-0.39, 0.29) is 24.0 Å². The highest BCUT2D eigenvalue weighted by molar-refractivity contribution is 5.92. The molecule has 0 spiro atoms. The van der Waals surface area contributed by atoms with Crippen LogP contribution in [0.2, 0.25) is 0 Å². The van der Waals surface area contributed by atoms with Crippen molar-refractivity contribution in [2.75, 3.05) is 0 Å². The van der Waals surface area contributed by atoms with E-state index in [1.165, 1.54) is 0 Å². The molecule has 0 bridgehead atoms. The number of hydrogen-bond acceptors (Lipinski definition) is 5. The third-order valence-electron chi connectivity index (χ3n) is 7.58. The SMILES string of the molecule is C=C[C@@]1(C)CC(=O)[C@]2(O)[C@@]3(C)[C@@H](O)CCC(C)(C)[C@@H]3[C@@H](O)C[C@@]2(C)O1. The van der Waals surface area contributed by atoms with Crippen molar-refractivity contribution in [3.05, 3.63) is 12.7 Å². The maximum atomic E-state index is 13.3. The van der Waals surface area contributed by atoms with Crippen LogP contribution in [0.25, 0.3) is 0 Å². The van der Waals surface area contributed by atoms with Crippen LogP contribution in [0.4, 0.5) is 0 Å². The fourth-order valence-corrected chi connectivity index (χ4v) is 6.43. The fraction of sp³-hybridized carbons (Fsp3) is 0.850. The summed E-state index contributed by atoms with van der Waals surface area (Å²) in [6.07, 6.45) is 1.29. The van der Waals surface area contributed by atoms with Crippen LogP contribution in [0.3, 0.4) is 0 Å². The lowest BCUT2D eigenvalue weighted by atomic mass is 9.40. The average Bonchev–Trinajstić information content (AvgIpc) is 2.47. The largest absolute Gasteiger partial charge is 0.393 e. The number of hydrogen-bond donors (Lipinski definition) is 3. The summed E-state index contributed by atoms with van der Waals surface area (Å²) < 4.78 is 6.23. The van der Waals surface area contributed by atoms with E-state index >= 15 is 0 Å². The zero-order valence-electron chi connectivity index (χ0n) is 16.0. The van der Waals surface area contributed by atoms with Crippen molar-refractivity contribution in [1.29, 1.82) is 0 Å². The lowest BCUT2D eigenvalue weighted by Gasteiger charge is -2.69. The highest BCUT2D eigenvalue weighted by Gasteiger charge is 2.77. The summed E-state index contributed by atoms with van der Waals surface area (Å²) in [5.41, 5.74) is -5.52. The van der Waals surface area contributed by atoms with E-state index < -0.39 is 40.3 Å². The van der Waals surface area contributed by atoms with E-state index in [4.69, 9.17) is 4.74 Å². The van der Waals surface area contributed by atoms with Gasteiger partial charge in [-0.25, -0.2) is 0 Å². The number of aliphatic hydroxyl groups is 3. The summed E-state index contributed by atoms with van der Waals surface area (Å²) in [5, 5.41) is 33.8. The summed E-state index contributed by atoms with van der Waals surface area (Å²) in [5.74, 6) is -0.734. The maximum absolute atomic E-state index is 13.3. The second kappa shape index (κ2) is 5.16. The Kier molecular flexibility index (Phi) is 3.92. The predicted octanol–water partition coefficient (Wildman–Crippen LogP) is 1.98. The molecule has 1 heterocycles. The molecule has 3 rings (SSSR count). The number of ketones is 1. The minimum atomic E-state index is -1.86. The normalized spacial score (nSPS) is 55.2.